The number of nitrogens with zero attached hydrogens (tertiary/aromatic N) is 3. The van der Waals surface area contributed by atoms with Gasteiger partial charge in [0, 0.05) is 37.3 Å². The third-order valence-corrected chi connectivity index (χ3v) is 5.45. The number of rotatable bonds is 4. The average Bonchev–Trinajstić information content (AvgIpc) is 2.78. The number of para-hydroxylation sites is 1. The number of carbonyl (C=O) groups is 2. The van der Waals surface area contributed by atoms with Crippen LogP contribution in [-0.4, -0.2) is 54.0 Å². The zero-order valence-corrected chi connectivity index (χ0v) is 17.4. The largest absolute Gasteiger partial charge is 0.449 e. The Hall–Kier alpha value is -3.12. The molecule has 1 unspecified atom stereocenters. The molecule has 1 aliphatic heterocycles. The zero-order valence-electron chi connectivity index (χ0n) is 16.6. The fourth-order valence-corrected chi connectivity index (χ4v) is 3.74. The van der Waals surface area contributed by atoms with Gasteiger partial charge >= 0.3 is 5.97 Å². The van der Waals surface area contributed by atoms with Gasteiger partial charge in [-0.25, -0.2) is 9.78 Å². The van der Waals surface area contributed by atoms with Crippen molar-refractivity contribution in [3.05, 3.63) is 71.4 Å². The smallest absolute Gasteiger partial charge is 0.338 e. The predicted octanol–water partition coefficient (Wildman–Crippen LogP) is 3.78. The topological polar surface area (TPSA) is 62.7 Å². The molecule has 1 aliphatic rings. The molecule has 1 atom stereocenters. The van der Waals surface area contributed by atoms with E-state index in [-0.39, 0.29) is 5.91 Å². The Bertz CT molecular complexity index is 1070. The number of benzene rings is 2. The lowest BCUT2D eigenvalue weighted by molar-refractivity contribution is -0.140. The number of hydrogen-bond donors (Lipinski definition) is 0. The normalized spacial score (nSPS) is 15.1. The molecule has 0 N–H and O–H groups in total. The van der Waals surface area contributed by atoms with E-state index >= 15 is 0 Å². The molecule has 6 nitrogen and oxygen atoms in total. The fraction of sp³-hybridized carbons (Fsp3) is 0.261. The number of pyridine rings is 1. The van der Waals surface area contributed by atoms with Crippen molar-refractivity contribution < 1.29 is 14.3 Å². The maximum absolute atomic E-state index is 12.8. The summed E-state index contributed by atoms with van der Waals surface area (Å²) in [7, 11) is 0. The van der Waals surface area contributed by atoms with Crippen LogP contribution in [0.3, 0.4) is 0 Å². The summed E-state index contributed by atoms with van der Waals surface area (Å²) in [5, 5.41) is 1.18. The lowest BCUT2D eigenvalue weighted by Crippen LogP contribution is -2.51. The second kappa shape index (κ2) is 8.71. The number of ether oxygens (including phenoxy) is 1. The Morgan fingerprint density at radius 2 is 1.73 bits per heavy atom. The Labute approximate surface area is 180 Å². The minimum absolute atomic E-state index is 0.176. The van der Waals surface area contributed by atoms with Gasteiger partial charge in [0.05, 0.1) is 11.1 Å². The number of piperazine rings is 1. The molecule has 3 aromatic rings. The first kappa shape index (κ1) is 20.2. The quantitative estimate of drug-likeness (QED) is 0.472. The van der Waals surface area contributed by atoms with Crippen molar-refractivity contribution in [3.63, 3.8) is 0 Å². The maximum Gasteiger partial charge on any atom is 0.338 e. The van der Waals surface area contributed by atoms with E-state index in [0.29, 0.717) is 29.3 Å². The lowest BCUT2D eigenvalue weighted by atomic mass is 10.1. The van der Waals surface area contributed by atoms with E-state index in [4.69, 9.17) is 16.3 Å². The summed E-state index contributed by atoms with van der Waals surface area (Å²) < 4.78 is 5.45. The van der Waals surface area contributed by atoms with E-state index in [9.17, 15) is 9.59 Å². The molecule has 1 saturated heterocycles. The van der Waals surface area contributed by atoms with Gasteiger partial charge in [0.25, 0.3) is 5.91 Å². The molecule has 30 heavy (non-hydrogen) atoms. The average molecular weight is 424 g/mol. The molecular weight excluding hydrogens is 402 g/mol. The van der Waals surface area contributed by atoms with Crippen LogP contribution in [0.1, 0.15) is 17.3 Å². The first-order valence-electron chi connectivity index (χ1n) is 9.87. The van der Waals surface area contributed by atoms with Gasteiger partial charge in [0.2, 0.25) is 0 Å². The number of hydrogen-bond acceptors (Lipinski definition) is 5. The van der Waals surface area contributed by atoms with Crippen molar-refractivity contribution in [1.29, 1.82) is 0 Å². The molecule has 1 fully saturated rings. The van der Waals surface area contributed by atoms with Gasteiger partial charge in [-0.3, -0.25) is 4.79 Å². The third kappa shape index (κ3) is 4.39. The number of fused-ring (bicyclic) bond motifs is 1. The summed E-state index contributed by atoms with van der Waals surface area (Å²) >= 11 is 5.89. The monoisotopic (exact) mass is 423 g/mol. The second-order valence-corrected chi connectivity index (χ2v) is 7.62. The van der Waals surface area contributed by atoms with Crippen LogP contribution in [0.2, 0.25) is 5.15 Å². The summed E-state index contributed by atoms with van der Waals surface area (Å²) in [4.78, 5) is 33.5. The predicted molar refractivity (Wildman–Crippen MR) is 117 cm³/mol. The summed E-state index contributed by atoms with van der Waals surface area (Å²) in [5.74, 6) is -0.707. The van der Waals surface area contributed by atoms with E-state index in [1.807, 2.05) is 18.2 Å². The van der Waals surface area contributed by atoms with Crippen molar-refractivity contribution >= 4 is 40.1 Å². The fourth-order valence-electron chi connectivity index (χ4n) is 3.59. The Morgan fingerprint density at radius 3 is 2.47 bits per heavy atom. The lowest BCUT2D eigenvalue weighted by Gasteiger charge is -2.37. The minimum Gasteiger partial charge on any atom is -0.449 e. The van der Waals surface area contributed by atoms with Gasteiger partial charge in [-0.1, -0.05) is 29.8 Å². The molecule has 0 spiro atoms. The number of esters is 1. The highest BCUT2D eigenvalue weighted by Crippen LogP contribution is 2.19. The molecule has 4 rings (SSSR count). The first-order valence-corrected chi connectivity index (χ1v) is 10.2. The number of anilines is 1. The van der Waals surface area contributed by atoms with Crippen LogP contribution in [0.5, 0.6) is 0 Å². The van der Waals surface area contributed by atoms with Crippen molar-refractivity contribution in [2.45, 2.75) is 13.0 Å². The van der Waals surface area contributed by atoms with E-state index < -0.39 is 12.1 Å². The summed E-state index contributed by atoms with van der Waals surface area (Å²) in [6.45, 7) is 4.30. The SMILES string of the molecule is CC(OC(=O)c1ccc2nc(Cl)ccc2c1)C(=O)N1CCN(c2ccccc2)CC1. The minimum atomic E-state index is -0.847. The molecular formula is C23H22ClN3O3. The number of aromatic nitrogens is 1. The highest BCUT2D eigenvalue weighted by atomic mass is 35.5. The number of carbonyl (C=O) groups excluding carboxylic acids is 2. The molecule has 2 aromatic carbocycles. The van der Waals surface area contributed by atoms with E-state index in [0.717, 1.165) is 24.2 Å². The van der Waals surface area contributed by atoms with E-state index in [1.54, 1.807) is 42.2 Å². The molecule has 2 heterocycles. The van der Waals surface area contributed by atoms with Gasteiger partial charge in [-0.05, 0) is 49.4 Å². The Balaban J connectivity index is 1.35. The Morgan fingerprint density at radius 1 is 1.00 bits per heavy atom. The molecule has 0 radical (unpaired) electrons. The van der Waals surface area contributed by atoms with E-state index in [1.165, 1.54) is 0 Å². The van der Waals surface area contributed by atoms with Gasteiger partial charge in [0.1, 0.15) is 5.15 Å². The molecule has 154 valence electrons. The number of amides is 1. The summed E-state index contributed by atoms with van der Waals surface area (Å²) in [6.07, 6.45) is -0.847. The van der Waals surface area contributed by atoms with Crippen LogP contribution in [-0.2, 0) is 9.53 Å². The molecule has 7 heteroatoms. The molecule has 1 aromatic heterocycles. The highest BCUT2D eigenvalue weighted by Gasteiger charge is 2.27. The first-order chi connectivity index (χ1) is 14.5. The van der Waals surface area contributed by atoms with Gasteiger partial charge in [-0.15, -0.1) is 0 Å². The van der Waals surface area contributed by atoms with Gasteiger partial charge in [0.15, 0.2) is 6.10 Å². The Kier molecular flexibility index (Phi) is 5.86. The van der Waals surface area contributed by atoms with Crippen LogP contribution >= 0.6 is 11.6 Å². The van der Waals surface area contributed by atoms with Gasteiger partial charge < -0.3 is 14.5 Å². The van der Waals surface area contributed by atoms with Crippen LogP contribution in [0.4, 0.5) is 5.69 Å². The zero-order chi connectivity index (χ0) is 21.1. The highest BCUT2D eigenvalue weighted by molar-refractivity contribution is 6.29. The van der Waals surface area contributed by atoms with Crippen molar-refractivity contribution in [2.75, 3.05) is 31.1 Å². The van der Waals surface area contributed by atoms with Gasteiger partial charge in [-0.2, -0.15) is 0 Å². The summed E-state index contributed by atoms with van der Waals surface area (Å²) in [6, 6.07) is 18.6. The molecule has 0 aliphatic carbocycles. The van der Waals surface area contributed by atoms with Crippen molar-refractivity contribution in [1.82, 2.24) is 9.88 Å². The number of halogens is 1. The molecule has 1 amide bonds. The maximum atomic E-state index is 12.8. The van der Waals surface area contributed by atoms with Crippen LogP contribution in [0.15, 0.2) is 60.7 Å². The standard InChI is InChI=1S/C23H22ClN3O3/c1-16(22(28)27-13-11-26(12-14-27)19-5-3-2-4-6-19)30-23(29)18-7-9-20-17(15-18)8-10-21(24)25-20/h2-10,15-16H,11-14H2,1H3. The molecule has 0 saturated carbocycles. The molecule has 0 bridgehead atoms. The van der Waals surface area contributed by atoms with Crippen molar-refractivity contribution in [3.8, 4) is 0 Å². The van der Waals surface area contributed by atoms with Crippen LogP contribution in [0, 0.1) is 0 Å². The van der Waals surface area contributed by atoms with Crippen LogP contribution in [0.25, 0.3) is 10.9 Å². The van der Waals surface area contributed by atoms with Crippen LogP contribution < -0.4 is 4.90 Å². The van der Waals surface area contributed by atoms with E-state index in [2.05, 4.69) is 22.0 Å². The summed E-state index contributed by atoms with van der Waals surface area (Å²) in [5.41, 5.74) is 2.22. The third-order valence-electron chi connectivity index (χ3n) is 5.24. The van der Waals surface area contributed by atoms with Crippen molar-refractivity contribution in [2.24, 2.45) is 0 Å². The second-order valence-electron chi connectivity index (χ2n) is 7.24.